The molecule has 0 aliphatic heterocycles. The second kappa shape index (κ2) is 7.22. The largest absolute Gasteiger partial charge is 0.493 e. The highest BCUT2D eigenvalue weighted by molar-refractivity contribution is 5.91. The van der Waals surface area contributed by atoms with Crippen LogP contribution in [0.3, 0.4) is 0 Å². The molecule has 0 unspecified atom stereocenters. The number of rotatable bonds is 5. The van der Waals surface area contributed by atoms with Crippen LogP contribution in [-0.4, -0.2) is 19.4 Å². The summed E-state index contributed by atoms with van der Waals surface area (Å²) in [5, 5.41) is 0. The van der Waals surface area contributed by atoms with E-state index in [0.717, 1.165) is 11.1 Å². The predicted octanol–water partition coefficient (Wildman–Crippen LogP) is 3.43. The third kappa shape index (κ3) is 3.82. The van der Waals surface area contributed by atoms with Crippen LogP contribution in [0.15, 0.2) is 48.5 Å². The number of para-hydroxylation sites is 1. The van der Waals surface area contributed by atoms with Crippen LogP contribution in [0.4, 0.5) is 0 Å². The smallest absolute Gasteiger partial charge is 0.336 e. The highest BCUT2D eigenvalue weighted by Gasteiger charge is 2.12. The third-order valence-electron chi connectivity index (χ3n) is 3.05. The number of carbonyl (C=O) groups is 2. The molecule has 0 N–H and O–H groups in total. The second-order valence-electron chi connectivity index (χ2n) is 4.66. The van der Waals surface area contributed by atoms with Crippen molar-refractivity contribution >= 4 is 18.3 Å². The Morgan fingerprint density at radius 1 is 1.09 bits per heavy atom. The van der Waals surface area contributed by atoms with E-state index in [9.17, 15) is 9.59 Å². The lowest BCUT2D eigenvalue weighted by Gasteiger charge is -2.09. The van der Waals surface area contributed by atoms with Crippen molar-refractivity contribution in [3.63, 3.8) is 0 Å². The Morgan fingerprint density at radius 2 is 1.82 bits per heavy atom. The van der Waals surface area contributed by atoms with Gasteiger partial charge in [-0.15, -0.1) is 0 Å². The molecule has 0 bridgehead atoms. The van der Waals surface area contributed by atoms with E-state index in [1.807, 2.05) is 31.2 Å². The molecule has 0 saturated heterocycles. The number of aryl methyl sites for hydroxylation is 1. The van der Waals surface area contributed by atoms with Gasteiger partial charge in [-0.25, -0.2) is 4.79 Å². The van der Waals surface area contributed by atoms with Gasteiger partial charge in [0.1, 0.15) is 0 Å². The molecule has 4 nitrogen and oxygen atoms in total. The molecule has 0 aromatic heterocycles. The van der Waals surface area contributed by atoms with Gasteiger partial charge in [-0.1, -0.05) is 35.9 Å². The summed E-state index contributed by atoms with van der Waals surface area (Å²) < 4.78 is 10.3. The molecule has 0 radical (unpaired) electrons. The van der Waals surface area contributed by atoms with Crippen LogP contribution in [-0.2, 0) is 4.79 Å². The van der Waals surface area contributed by atoms with Gasteiger partial charge in [-0.2, -0.15) is 0 Å². The molecule has 2 aromatic carbocycles. The van der Waals surface area contributed by atoms with E-state index in [2.05, 4.69) is 0 Å². The lowest BCUT2D eigenvalue weighted by atomic mass is 10.1. The molecule has 0 aliphatic rings. The minimum Gasteiger partial charge on any atom is -0.493 e. The molecule has 0 fully saturated rings. The van der Waals surface area contributed by atoms with Crippen LogP contribution in [0.2, 0.25) is 0 Å². The number of benzene rings is 2. The second-order valence-corrected chi connectivity index (χ2v) is 4.66. The summed E-state index contributed by atoms with van der Waals surface area (Å²) in [6.07, 6.45) is 3.58. The molecule has 0 amide bonds. The molecule has 0 heterocycles. The van der Waals surface area contributed by atoms with Crippen molar-refractivity contribution in [3.8, 4) is 11.5 Å². The Morgan fingerprint density at radius 3 is 2.45 bits per heavy atom. The lowest BCUT2D eigenvalue weighted by Crippen LogP contribution is -2.07. The molecule has 0 saturated carbocycles. The van der Waals surface area contributed by atoms with Gasteiger partial charge < -0.3 is 9.47 Å². The Balaban J connectivity index is 2.15. The maximum atomic E-state index is 11.9. The molecule has 22 heavy (non-hydrogen) atoms. The van der Waals surface area contributed by atoms with Gasteiger partial charge in [0, 0.05) is 6.08 Å². The molecule has 2 aromatic rings. The monoisotopic (exact) mass is 296 g/mol. The fourth-order valence-corrected chi connectivity index (χ4v) is 1.87. The average molecular weight is 296 g/mol. The number of aldehydes is 1. The Labute approximate surface area is 129 Å². The first-order valence-corrected chi connectivity index (χ1v) is 6.73. The molecular formula is C18H16O4. The first-order valence-electron chi connectivity index (χ1n) is 6.73. The van der Waals surface area contributed by atoms with Crippen molar-refractivity contribution in [2.75, 3.05) is 7.11 Å². The molecule has 0 aliphatic carbocycles. The predicted molar refractivity (Wildman–Crippen MR) is 84.2 cm³/mol. The fraction of sp³-hybridized carbons (Fsp3) is 0.111. The molecule has 0 atom stereocenters. The maximum Gasteiger partial charge on any atom is 0.336 e. The third-order valence-corrected chi connectivity index (χ3v) is 3.05. The molecule has 4 heteroatoms. The van der Waals surface area contributed by atoms with Gasteiger partial charge in [-0.05, 0) is 30.7 Å². The highest BCUT2D eigenvalue weighted by Crippen LogP contribution is 2.30. The Kier molecular flexibility index (Phi) is 5.09. The molecule has 112 valence electrons. The van der Waals surface area contributed by atoms with Crippen LogP contribution in [0, 0.1) is 6.92 Å². The summed E-state index contributed by atoms with van der Waals surface area (Å²) in [5.41, 5.74) is 2.29. The average Bonchev–Trinajstić information content (AvgIpc) is 2.54. The number of hydrogen-bond acceptors (Lipinski definition) is 4. The van der Waals surface area contributed by atoms with E-state index in [1.165, 1.54) is 13.2 Å². The van der Waals surface area contributed by atoms with Crippen molar-refractivity contribution in [2.45, 2.75) is 6.92 Å². The topological polar surface area (TPSA) is 52.6 Å². The van der Waals surface area contributed by atoms with Gasteiger partial charge in [-0.3, -0.25) is 4.79 Å². The Bertz CT molecular complexity index is 700. The lowest BCUT2D eigenvalue weighted by molar-refractivity contribution is -0.129. The number of ether oxygens (including phenoxy) is 2. The summed E-state index contributed by atoms with van der Waals surface area (Å²) in [6, 6.07) is 12.5. The van der Waals surface area contributed by atoms with E-state index >= 15 is 0 Å². The van der Waals surface area contributed by atoms with E-state index in [4.69, 9.17) is 9.47 Å². The normalized spacial score (nSPS) is 10.5. The first-order chi connectivity index (χ1) is 10.6. The van der Waals surface area contributed by atoms with Crippen molar-refractivity contribution in [3.05, 3.63) is 65.2 Å². The van der Waals surface area contributed by atoms with Gasteiger partial charge >= 0.3 is 5.97 Å². The van der Waals surface area contributed by atoms with Crippen LogP contribution < -0.4 is 9.47 Å². The minimum atomic E-state index is -0.576. The summed E-state index contributed by atoms with van der Waals surface area (Å²) in [4.78, 5) is 22.9. The summed E-state index contributed by atoms with van der Waals surface area (Å²) in [7, 11) is 1.45. The van der Waals surface area contributed by atoms with Crippen LogP contribution in [0.1, 0.15) is 21.5 Å². The zero-order chi connectivity index (χ0) is 15.9. The van der Waals surface area contributed by atoms with Gasteiger partial charge in [0.25, 0.3) is 0 Å². The standard InChI is InChI=1S/C18H16O4/c1-13-6-8-14(9-7-13)10-11-17(20)22-18-15(12-19)4-3-5-16(18)21-2/h3-12H,1-2H3/b11-10+. The van der Waals surface area contributed by atoms with E-state index in [0.29, 0.717) is 12.0 Å². The zero-order valence-corrected chi connectivity index (χ0v) is 12.4. The van der Waals surface area contributed by atoms with Gasteiger partial charge in [0.15, 0.2) is 17.8 Å². The van der Waals surface area contributed by atoms with Crippen LogP contribution in [0.25, 0.3) is 6.08 Å². The van der Waals surface area contributed by atoms with Gasteiger partial charge in [0.2, 0.25) is 0 Å². The number of hydrogen-bond donors (Lipinski definition) is 0. The van der Waals surface area contributed by atoms with Crippen molar-refractivity contribution < 1.29 is 19.1 Å². The number of carbonyl (C=O) groups excluding carboxylic acids is 2. The zero-order valence-electron chi connectivity index (χ0n) is 12.4. The van der Waals surface area contributed by atoms with E-state index < -0.39 is 5.97 Å². The SMILES string of the molecule is COc1cccc(C=O)c1OC(=O)/C=C/c1ccc(C)cc1. The fourth-order valence-electron chi connectivity index (χ4n) is 1.87. The van der Waals surface area contributed by atoms with Crippen LogP contribution >= 0.6 is 0 Å². The Hall–Kier alpha value is -2.88. The van der Waals surface area contributed by atoms with Crippen molar-refractivity contribution in [1.82, 2.24) is 0 Å². The summed E-state index contributed by atoms with van der Waals surface area (Å²) in [6.45, 7) is 1.99. The van der Waals surface area contributed by atoms with E-state index in [1.54, 1.807) is 24.3 Å². The molecular weight excluding hydrogens is 280 g/mol. The van der Waals surface area contributed by atoms with E-state index in [-0.39, 0.29) is 11.3 Å². The molecule has 2 rings (SSSR count). The van der Waals surface area contributed by atoms with Crippen LogP contribution in [0.5, 0.6) is 11.5 Å². The number of esters is 1. The number of methoxy groups -OCH3 is 1. The minimum absolute atomic E-state index is 0.124. The van der Waals surface area contributed by atoms with Gasteiger partial charge in [0.05, 0.1) is 12.7 Å². The summed E-state index contributed by atoms with van der Waals surface area (Å²) >= 11 is 0. The van der Waals surface area contributed by atoms with Crippen molar-refractivity contribution in [2.24, 2.45) is 0 Å². The molecule has 0 spiro atoms. The maximum absolute atomic E-state index is 11.9. The summed E-state index contributed by atoms with van der Waals surface area (Å²) in [5.74, 6) is -0.117. The first kappa shape index (κ1) is 15.5. The van der Waals surface area contributed by atoms with Crippen molar-refractivity contribution in [1.29, 1.82) is 0 Å². The quantitative estimate of drug-likeness (QED) is 0.367. The highest BCUT2D eigenvalue weighted by atomic mass is 16.6.